The fourth-order valence-electron chi connectivity index (χ4n) is 2.97. The molecule has 1 saturated heterocycles. The number of piperidine rings is 1. The Morgan fingerprint density at radius 1 is 1.25 bits per heavy atom. The highest BCUT2D eigenvalue weighted by atomic mass is 32.1. The second-order valence-electron chi connectivity index (χ2n) is 5.67. The third-order valence-electron chi connectivity index (χ3n) is 4.08. The van der Waals surface area contributed by atoms with E-state index in [1.807, 2.05) is 29.2 Å². The molecule has 1 aromatic rings. The SMILES string of the molecule is CC1CCCC(C)N1C(=O)Cc1ccc(C(N)=S)cc1. The predicted molar refractivity (Wildman–Crippen MR) is 85.7 cm³/mol. The molecule has 0 radical (unpaired) electrons. The van der Waals surface area contributed by atoms with Gasteiger partial charge in [0.25, 0.3) is 0 Å². The number of likely N-dealkylation sites (tertiary alicyclic amines) is 1. The molecule has 2 unspecified atom stereocenters. The molecule has 1 fully saturated rings. The van der Waals surface area contributed by atoms with Crippen molar-refractivity contribution in [3.05, 3.63) is 35.4 Å². The molecule has 3 nitrogen and oxygen atoms in total. The summed E-state index contributed by atoms with van der Waals surface area (Å²) in [5.74, 6) is 0.216. The van der Waals surface area contributed by atoms with Crippen LogP contribution in [0.5, 0.6) is 0 Å². The monoisotopic (exact) mass is 290 g/mol. The van der Waals surface area contributed by atoms with Crippen molar-refractivity contribution in [2.24, 2.45) is 5.73 Å². The van der Waals surface area contributed by atoms with Crippen LogP contribution in [0.4, 0.5) is 0 Å². The Bertz CT molecular complexity index is 488. The van der Waals surface area contributed by atoms with Crippen LogP contribution in [-0.4, -0.2) is 27.9 Å². The van der Waals surface area contributed by atoms with Crippen LogP contribution < -0.4 is 5.73 Å². The van der Waals surface area contributed by atoms with Crippen molar-refractivity contribution in [2.75, 3.05) is 0 Å². The van der Waals surface area contributed by atoms with E-state index >= 15 is 0 Å². The van der Waals surface area contributed by atoms with Gasteiger partial charge in [-0.2, -0.15) is 0 Å². The molecule has 1 amide bonds. The fraction of sp³-hybridized carbons (Fsp3) is 0.500. The lowest BCUT2D eigenvalue weighted by molar-refractivity contribution is -0.136. The van der Waals surface area contributed by atoms with Crippen molar-refractivity contribution in [1.82, 2.24) is 4.90 Å². The van der Waals surface area contributed by atoms with Gasteiger partial charge < -0.3 is 10.6 Å². The van der Waals surface area contributed by atoms with Gasteiger partial charge in [0.2, 0.25) is 5.91 Å². The summed E-state index contributed by atoms with van der Waals surface area (Å²) in [7, 11) is 0. The lowest BCUT2D eigenvalue weighted by Crippen LogP contribution is -2.48. The maximum absolute atomic E-state index is 12.5. The number of hydrogen-bond donors (Lipinski definition) is 1. The van der Waals surface area contributed by atoms with Crippen molar-refractivity contribution in [3.8, 4) is 0 Å². The molecule has 4 heteroatoms. The van der Waals surface area contributed by atoms with E-state index in [-0.39, 0.29) is 5.91 Å². The highest BCUT2D eigenvalue weighted by Gasteiger charge is 2.28. The number of hydrogen-bond acceptors (Lipinski definition) is 2. The van der Waals surface area contributed by atoms with Crippen LogP contribution in [-0.2, 0) is 11.2 Å². The van der Waals surface area contributed by atoms with Crippen LogP contribution in [0, 0.1) is 0 Å². The minimum Gasteiger partial charge on any atom is -0.389 e. The largest absolute Gasteiger partial charge is 0.389 e. The van der Waals surface area contributed by atoms with Crippen molar-refractivity contribution in [3.63, 3.8) is 0 Å². The van der Waals surface area contributed by atoms with Crippen LogP contribution in [0.2, 0.25) is 0 Å². The van der Waals surface area contributed by atoms with Gasteiger partial charge in [0, 0.05) is 17.6 Å². The second-order valence-corrected chi connectivity index (χ2v) is 6.11. The van der Waals surface area contributed by atoms with Gasteiger partial charge in [0.1, 0.15) is 4.99 Å². The standard InChI is InChI=1S/C16H22N2OS/c1-11-4-3-5-12(2)18(11)15(19)10-13-6-8-14(9-7-13)16(17)20/h6-9,11-12H,3-5,10H2,1-2H3,(H2,17,20). The first-order valence-electron chi connectivity index (χ1n) is 7.19. The Kier molecular flexibility index (Phi) is 4.76. The number of carbonyl (C=O) groups is 1. The van der Waals surface area contributed by atoms with Crippen LogP contribution in [0.1, 0.15) is 44.2 Å². The van der Waals surface area contributed by atoms with E-state index in [0.29, 0.717) is 23.5 Å². The van der Waals surface area contributed by atoms with Gasteiger partial charge in [-0.1, -0.05) is 36.5 Å². The van der Waals surface area contributed by atoms with E-state index in [0.717, 1.165) is 24.0 Å². The van der Waals surface area contributed by atoms with Gasteiger partial charge in [-0.25, -0.2) is 0 Å². The molecule has 0 spiro atoms. The molecule has 2 N–H and O–H groups in total. The minimum atomic E-state index is 0.216. The zero-order chi connectivity index (χ0) is 14.7. The highest BCUT2D eigenvalue weighted by molar-refractivity contribution is 7.80. The Labute approximate surface area is 126 Å². The molecule has 1 aliphatic rings. The average molecular weight is 290 g/mol. The molecular formula is C16H22N2OS. The number of amides is 1. The lowest BCUT2D eigenvalue weighted by atomic mass is 9.96. The molecule has 20 heavy (non-hydrogen) atoms. The van der Waals surface area contributed by atoms with Gasteiger partial charge in [0.05, 0.1) is 6.42 Å². The molecule has 2 atom stereocenters. The smallest absolute Gasteiger partial charge is 0.227 e. The summed E-state index contributed by atoms with van der Waals surface area (Å²) in [6.07, 6.45) is 3.88. The lowest BCUT2D eigenvalue weighted by Gasteiger charge is -2.39. The molecule has 1 aliphatic heterocycles. The second kappa shape index (κ2) is 6.35. The number of carbonyl (C=O) groups excluding carboxylic acids is 1. The molecule has 0 aromatic heterocycles. The third kappa shape index (κ3) is 3.37. The summed E-state index contributed by atoms with van der Waals surface area (Å²) >= 11 is 4.93. The highest BCUT2D eigenvalue weighted by Crippen LogP contribution is 2.23. The molecule has 2 rings (SSSR count). The minimum absolute atomic E-state index is 0.216. The molecule has 0 bridgehead atoms. The predicted octanol–water partition coefficient (Wildman–Crippen LogP) is 2.65. The zero-order valence-corrected chi connectivity index (χ0v) is 13.0. The number of thiocarbonyl (C=S) groups is 1. The van der Waals surface area contributed by atoms with Gasteiger partial charge in [-0.05, 0) is 38.7 Å². The molecular weight excluding hydrogens is 268 g/mol. The Hall–Kier alpha value is -1.42. The number of benzene rings is 1. The van der Waals surface area contributed by atoms with E-state index in [1.165, 1.54) is 6.42 Å². The summed E-state index contributed by atoms with van der Waals surface area (Å²) in [6.45, 7) is 4.28. The number of nitrogens with zero attached hydrogens (tertiary/aromatic N) is 1. The maximum Gasteiger partial charge on any atom is 0.227 e. The third-order valence-corrected chi connectivity index (χ3v) is 4.31. The molecule has 0 saturated carbocycles. The van der Waals surface area contributed by atoms with Gasteiger partial charge in [-0.3, -0.25) is 4.79 Å². The summed E-state index contributed by atoms with van der Waals surface area (Å²) < 4.78 is 0. The van der Waals surface area contributed by atoms with E-state index < -0.39 is 0 Å². The molecule has 0 aliphatic carbocycles. The summed E-state index contributed by atoms with van der Waals surface area (Å²) in [5.41, 5.74) is 7.43. The van der Waals surface area contributed by atoms with E-state index in [4.69, 9.17) is 18.0 Å². The fourth-order valence-corrected chi connectivity index (χ4v) is 3.10. The average Bonchev–Trinajstić information content (AvgIpc) is 2.39. The Morgan fingerprint density at radius 3 is 2.30 bits per heavy atom. The molecule has 1 aromatic carbocycles. The quantitative estimate of drug-likeness (QED) is 0.871. The Morgan fingerprint density at radius 2 is 1.80 bits per heavy atom. The van der Waals surface area contributed by atoms with Gasteiger partial charge in [0.15, 0.2) is 0 Å². The first-order chi connectivity index (χ1) is 9.49. The van der Waals surface area contributed by atoms with Crippen molar-refractivity contribution < 1.29 is 4.79 Å². The van der Waals surface area contributed by atoms with Crippen LogP contribution in [0.25, 0.3) is 0 Å². The van der Waals surface area contributed by atoms with E-state index in [1.54, 1.807) is 0 Å². The zero-order valence-electron chi connectivity index (χ0n) is 12.1. The normalized spacial score (nSPS) is 22.6. The van der Waals surface area contributed by atoms with Crippen molar-refractivity contribution >= 4 is 23.1 Å². The number of nitrogens with two attached hydrogens (primary N) is 1. The van der Waals surface area contributed by atoms with Gasteiger partial charge >= 0.3 is 0 Å². The summed E-state index contributed by atoms with van der Waals surface area (Å²) in [4.78, 5) is 14.9. The Balaban J connectivity index is 2.05. The summed E-state index contributed by atoms with van der Waals surface area (Å²) in [5, 5.41) is 0. The molecule has 1 heterocycles. The summed E-state index contributed by atoms with van der Waals surface area (Å²) in [6, 6.07) is 8.34. The maximum atomic E-state index is 12.5. The first-order valence-corrected chi connectivity index (χ1v) is 7.59. The van der Waals surface area contributed by atoms with E-state index in [2.05, 4.69) is 13.8 Å². The van der Waals surface area contributed by atoms with Gasteiger partial charge in [-0.15, -0.1) is 0 Å². The topological polar surface area (TPSA) is 46.3 Å². The van der Waals surface area contributed by atoms with Crippen molar-refractivity contribution in [2.45, 2.75) is 51.6 Å². The first kappa shape index (κ1) is 15.0. The molecule has 108 valence electrons. The van der Waals surface area contributed by atoms with Crippen LogP contribution in [0.3, 0.4) is 0 Å². The van der Waals surface area contributed by atoms with Crippen LogP contribution >= 0.6 is 12.2 Å². The van der Waals surface area contributed by atoms with E-state index in [9.17, 15) is 4.79 Å². The number of rotatable bonds is 3. The van der Waals surface area contributed by atoms with Crippen molar-refractivity contribution in [1.29, 1.82) is 0 Å². The van der Waals surface area contributed by atoms with Crippen LogP contribution in [0.15, 0.2) is 24.3 Å².